The molecule has 0 spiro atoms. The summed E-state index contributed by atoms with van der Waals surface area (Å²) in [6.07, 6.45) is 1.80. The number of aliphatic hydroxyl groups excluding tert-OH is 2. The second-order valence-corrected chi connectivity index (χ2v) is 10.2. The summed E-state index contributed by atoms with van der Waals surface area (Å²) in [5, 5.41) is 22.7. The van der Waals surface area contributed by atoms with E-state index in [0.717, 1.165) is 21.5 Å². The quantitative estimate of drug-likeness (QED) is 0.178. The van der Waals surface area contributed by atoms with Gasteiger partial charge in [0, 0.05) is 45.9 Å². The van der Waals surface area contributed by atoms with Gasteiger partial charge in [-0.1, -0.05) is 0 Å². The lowest BCUT2D eigenvalue weighted by atomic mass is 10.0. The number of nitrogens with two attached hydrogens (primary N) is 1. The summed E-state index contributed by atoms with van der Waals surface area (Å²) in [4.78, 5) is 14.7. The molecule has 5 N–H and O–H groups in total. The maximum atomic E-state index is 13.8. The molecule has 0 aliphatic heterocycles. The summed E-state index contributed by atoms with van der Waals surface area (Å²) >= 11 is 1.44. The smallest absolute Gasteiger partial charge is 0.203 e. The normalized spacial score (nSPS) is 11.4. The van der Waals surface area contributed by atoms with Gasteiger partial charge in [-0.2, -0.15) is 0 Å². The lowest BCUT2D eigenvalue weighted by Crippen LogP contribution is -2.52. The SMILES string of the molecule is COc1ccc2c(C(=O)c3cc(OC)c(OC)c(OC)c3)cn(Sc3ccc(NCC(N)(CO)CO)cc3)c2c1. The monoisotopic (exact) mass is 567 g/mol. The number of methoxy groups -OCH3 is 4. The van der Waals surface area contributed by atoms with E-state index in [0.29, 0.717) is 34.1 Å². The Morgan fingerprint density at radius 2 is 1.57 bits per heavy atom. The van der Waals surface area contributed by atoms with Crippen molar-refractivity contribution in [3.63, 3.8) is 0 Å². The number of benzene rings is 3. The zero-order chi connectivity index (χ0) is 28.9. The second-order valence-electron chi connectivity index (χ2n) is 9.14. The summed E-state index contributed by atoms with van der Waals surface area (Å²) in [5.74, 6) is 1.65. The molecule has 4 rings (SSSR count). The first-order valence-corrected chi connectivity index (χ1v) is 13.1. The van der Waals surface area contributed by atoms with E-state index in [2.05, 4.69) is 5.32 Å². The van der Waals surface area contributed by atoms with E-state index in [1.807, 2.05) is 46.4 Å². The Hall–Kier alpha value is -3.90. The number of carbonyl (C=O) groups excluding carboxylic acids is 1. The number of hydrogen-bond donors (Lipinski definition) is 4. The Labute approximate surface area is 236 Å². The molecular weight excluding hydrogens is 534 g/mol. The molecule has 10 nitrogen and oxygen atoms in total. The number of nitrogens with zero attached hydrogens (tertiary/aromatic N) is 1. The van der Waals surface area contributed by atoms with Gasteiger partial charge in [-0.25, -0.2) is 0 Å². The molecule has 11 heteroatoms. The molecule has 0 aliphatic rings. The highest BCUT2D eigenvalue weighted by atomic mass is 32.2. The van der Waals surface area contributed by atoms with Gasteiger partial charge >= 0.3 is 0 Å². The van der Waals surface area contributed by atoms with Crippen LogP contribution < -0.4 is 30.0 Å². The lowest BCUT2D eigenvalue weighted by molar-refractivity contribution is 0.103. The molecule has 0 bridgehead atoms. The number of fused-ring (bicyclic) bond motifs is 1. The predicted octanol–water partition coefficient (Wildman–Crippen LogP) is 3.56. The van der Waals surface area contributed by atoms with Gasteiger partial charge in [0.1, 0.15) is 5.75 Å². The third-order valence-electron chi connectivity index (χ3n) is 6.48. The van der Waals surface area contributed by atoms with E-state index in [4.69, 9.17) is 24.7 Å². The minimum absolute atomic E-state index is 0.202. The van der Waals surface area contributed by atoms with Crippen molar-refractivity contribution in [3.05, 3.63) is 71.9 Å². The van der Waals surface area contributed by atoms with Crippen molar-refractivity contribution in [1.29, 1.82) is 0 Å². The number of rotatable bonds is 13. The van der Waals surface area contributed by atoms with E-state index in [1.54, 1.807) is 25.4 Å². The highest BCUT2D eigenvalue weighted by Crippen LogP contribution is 2.40. The largest absolute Gasteiger partial charge is 0.497 e. The van der Waals surface area contributed by atoms with Crippen molar-refractivity contribution >= 4 is 34.3 Å². The first-order chi connectivity index (χ1) is 19.3. The van der Waals surface area contributed by atoms with E-state index in [1.165, 1.54) is 33.3 Å². The van der Waals surface area contributed by atoms with Crippen molar-refractivity contribution in [1.82, 2.24) is 3.97 Å². The van der Waals surface area contributed by atoms with Crippen LogP contribution in [-0.2, 0) is 0 Å². The highest BCUT2D eigenvalue weighted by Gasteiger charge is 2.23. The van der Waals surface area contributed by atoms with Crippen LogP contribution in [0, 0.1) is 0 Å². The fourth-order valence-electron chi connectivity index (χ4n) is 4.12. The molecule has 0 amide bonds. The fourth-order valence-corrected chi connectivity index (χ4v) is 5.01. The average Bonchev–Trinajstić information content (AvgIpc) is 3.36. The fraction of sp³-hybridized carbons (Fsp3) is 0.276. The van der Waals surface area contributed by atoms with Gasteiger partial charge in [-0.3, -0.25) is 8.77 Å². The number of hydrogen-bond acceptors (Lipinski definition) is 10. The number of anilines is 1. The van der Waals surface area contributed by atoms with Gasteiger partial charge in [-0.05, 0) is 60.5 Å². The highest BCUT2D eigenvalue weighted by molar-refractivity contribution is 7.98. The van der Waals surface area contributed by atoms with Gasteiger partial charge in [0.15, 0.2) is 17.3 Å². The maximum Gasteiger partial charge on any atom is 0.203 e. The maximum absolute atomic E-state index is 13.8. The molecule has 0 saturated heterocycles. The van der Waals surface area contributed by atoms with Crippen LogP contribution >= 0.6 is 11.9 Å². The van der Waals surface area contributed by atoms with Crippen molar-refractivity contribution in [3.8, 4) is 23.0 Å². The van der Waals surface area contributed by atoms with Crippen LogP contribution in [0.3, 0.4) is 0 Å². The van der Waals surface area contributed by atoms with Crippen molar-refractivity contribution in [2.75, 3.05) is 53.5 Å². The molecule has 3 aromatic carbocycles. The van der Waals surface area contributed by atoms with Crippen LogP contribution in [0.25, 0.3) is 10.9 Å². The molecule has 0 radical (unpaired) electrons. The molecule has 0 atom stereocenters. The number of ketones is 1. The summed E-state index contributed by atoms with van der Waals surface area (Å²) in [6.45, 7) is -0.474. The van der Waals surface area contributed by atoms with Gasteiger partial charge < -0.3 is 40.2 Å². The lowest BCUT2D eigenvalue weighted by Gasteiger charge is -2.25. The Morgan fingerprint density at radius 1 is 0.925 bits per heavy atom. The third kappa shape index (κ3) is 5.97. The molecule has 0 fully saturated rings. The molecule has 1 aromatic heterocycles. The van der Waals surface area contributed by atoms with Crippen LogP contribution in [0.4, 0.5) is 5.69 Å². The Kier molecular flexibility index (Phi) is 9.10. The number of aliphatic hydroxyl groups is 2. The molecular formula is C29H33N3O7S. The van der Waals surface area contributed by atoms with E-state index >= 15 is 0 Å². The zero-order valence-corrected chi connectivity index (χ0v) is 23.6. The Balaban J connectivity index is 1.67. The Bertz CT molecular complexity index is 1460. The molecule has 4 aromatic rings. The molecule has 0 aliphatic carbocycles. The topological polar surface area (TPSA) is 137 Å². The second kappa shape index (κ2) is 12.5. The van der Waals surface area contributed by atoms with Gasteiger partial charge in [0.05, 0.1) is 52.7 Å². The molecule has 1 heterocycles. The first-order valence-electron chi connectivity index (χ1n) is 12.4. The minimum atomic E-state index is -1.11. The molecule has 0 unspecified atom stereocenters. The van der Waals surface area contributed by atoms with Crippen molar-refractivity contribution in [2.45, 2.75) is 10.4 Å². The zero-order valence-electron chi connectivity index (χ0n) is 22.8. The van der Waals surface area contributed by atoms with E-state index in [9.17, 15) is 15.0 Å². The van der Waals surface area contributed by atoms with Crippen LogP contribution in [0.15, 0.2) is 65.7 Å². The van der Waals surface area contributed by atoms with Gasteiger partial charge in [0.2, 0.25) is 5.75 Å². The van der Waals surface area contributed by atoms with Crippen molar-refractivity contribution < 1.29 is 34.0 Å². The van der Waals surface area contributed by atoms with Crippen molar-refractivity contribution in [2.24, 2.45) is 5.73 Å². The van der Waals surface area contributed by atoms with Crippen LogP contribution in [0.2, 0.25) is 0 Å². The molecule has 40 heavy (non-hydrogen) atoms. The van der Waals surface area contributed by atoms with E-state index in [-0.39, 0.29) is 25.5 Å². The summed E-state index contributed by atoms with van der Waals surface area (Å²) < 4.78 is 23.7. The van der Waals surface area contributed by atoms with Crippen LogP contribution in [0.1, 0.15) is 15.9 Å². The first kappa shape index (κ1) is 29.1. The van der Waals surface area contributed by atoms with Crippen LogP contribution in [-0.4, -0.2) is 73.7 Å². The number of nitrogens with one attached hydrogen (secondary N) is 1. The summed E-state index contributed by atoms with van der Waals surface area (Å²) in [6, 6.07) is 16.5. The number of ether oxygens (including phenoxy) is 4. The third-order valence-corrected chi connectivity index (χ3v) is 7.46. The molecule has 0 saturated carbocycles. The van der Waals surface area contributed by atoms with E-state index < -0.39 is 5.54 Å². The summed E-state index contributed by atoms with van der Waals surface area (Å²) in [7, 11) is 6.12. The van der Waals surface area contributed by atoms with Gasteiger partial charge in [0.25, 0.3) is 0 Å². The van der Waals surface area contributed by atoms with Crippen LogP contribution in [0.5, 0.6) is 23.0 Å². The predicted molar refractivity (Wildman–Crippen MR) is 155 cm³/mol. The number of aromatic nitrogens is 1. The van der Waals surface area contributed by atoms with Gasteiger partial charge in [-0.15, -0.1) is 0 Å². The minimum Gasteiger partial charge on any atom is -0.497 e. The molecule has 212 valence electrons. The average molecular weight is 568 g/mol. The summed E-state index contributed by atoms with van der Waals surface area (Å²) in [5.41, 5.74) is 7.32. The standard InChI is InChI=1S/C29H33N3O7S/c1-36-20-7-10-22-23(27(35)18-11-25(37-2)28(39-4)26(12-18)38-3)14-32(24(22)13-20)40-21-8-5-19(6-9-21)31-15-29(30,16-33)17-34/h5-14,31,33-34H,15-17,30H2,1-4H3. The number of carbonyl (C=O) groups is 1. The Morgan fingerprint density at radius 3 is 2.12 bits per heavy atom.